The van der Waals surface area contributed by atoms with Crippen molar-refractivity contribution in [3.8, 4) is 0 Å². The van der Waals surface area contributed by atoms with Gasteiger partial charge in [-0.15, -0.1) is 0 Å². The lowest BCUT2D eigenvalue weighted by atomic mass is 9.93. The smallest absolute Gasteiger partial charge is 0.341 e. The fourth-order valence-corrected chi connectivity index (χ4v) is 3.15. The SMILES string of the molecule is CC1NC(=O)CC(c2ccnc(C(C)c3ccc(C(F)(F)F)cc3)c2)N1. The van der Waals surface area contributed by atoms with Crippen LogP contribution < -0.4 is 10.6 Å². The Kier molecular flexibility index (Phi) is 5.00. The number of nitrogens with one attached hydrogen (secondary N) is 2. The molecule has 0 radical (unpaired) electrons. The number of carbonyl (C=O) groups is 1. The first-order valence-corrected chi connectivity index (χ1v) is 8.42. The van der Waals surface area contributed by atoms with Gasteiger partial charge in [0.2, 0.25) is 5.91 Å². The van der Waals surface area contributed by atoms with Gasteiger partial charge in [-0.2, -0.15) is 13.2 Å². The average Bonchev–Trinajstić information content (AvgIpc) is 2.60. The molecule has 26 heavy (non-hydrogen) atoms. The number of hydrogen-bond donors (Lipinski definition) is 2. The zero-order valence-corrected chi connectivity index (χ0v) is 14.5. The third-order valence-electron chi connectivity index (χ3n) is 4.61. The maximum absolute atomic E-state index is 12.7. The highest BCUT2D eigenvalue weighted by Crippen LogP contribution is 2.32. The third kappa shape index (κ3) is 4.04. The van der Waals surface area contributed by atoms with Gasteiger partial charge in [0.05, 0.1) is 11.7 Å². The average molecular weight is 363 g/mol. The molecule has 0 bridgehead atoms. The van der Waals surface area contributed by atoms with Crippen LogP contribution in [0.25, 0.3) is 0 Å². The first-order chi connectivity index (χ1) is 12.2. The first-order valence-electron chi connectivity index (χ1n) is 8.42. The molecule has 2 heterocycles. The van der Waals surface area contributed by atoms with Crippen LogP contribution in [0.1, 0.15) is 54.6 Å². The normalized spacial score (nSPS) is 22.0. The molecule has 3 unspecified atom stereocenters. The highest BCUT2D eigenvalue weighted by atomic mass is 19.4. The van der Waals surface area contributed by atoms with Crippen LogP contribution in [0.5, 0.6) is 0 Å². The van der Waals surface area contributed by atoms with Gasteiger partial charge in [0.15, 0.2) is 0 Å². The quantitative estimate of drug-likeness (QED) is 0.873. The van der Waals surface area contributed by atoms with Crippen molar-refractivity contribution in [3.63, 3.8) is 0 Å². The summed E-state index contributed by atoms with van der Waals surface area (Å²) in [5.41, 5.74) is 1.78. The van der Waals surface area contributed by atoms with Crippen molar-refractivity contribution in [2.75, 3.05) is 0 Å². The number of aromatic nitrogens is 1. The van der Waals surface area contributed by atoms with E-state index >= 15 is 0 Å². The molecular weight excluding hydrogens is 343 g/mol. The van der Waals surface area contributed by atoms with Crippen LogP contribution in [0.15, 0.2) is 42.6 Å². The molecule has 1 amide bonds. The molecule has 0 aliphatic carbocycles. The predicted molar refractivity (Wildman–Crippen MR) is 91.3 cm³/mol. The molecule has 1 aliphatic rings. The van der Waals surface area contributed by atoms with E-state index < -0.39 is 11.7 Å². The van der Waals surface area contributed by atoms with Gasteiger partial charge in [0.25, 0.3) is 0 Å². The molecule has 2 N–H and O–H groups in total. The first kappa shape index (κ1) is 18.4. The van der Waals surface area contributed by atoms with E-state index in [-0.39, 0.29) is 24.0 Å². The van der Waals surface area contributed by atoms with E-state index in [4.69, 9.17) is 0 Å². The van der Waals surface area contributed by atoms with Gasteiger partial charge in [0, 0.05) is 30.3 Å². The summed E-state index contributed by atoms with van der Waals surface area (Å²) in [7, 11) is 0. The third-order valence-corrected chi connectivity index (χ3v) is 4.61. The molecule has 3 atom stereocenters. The van der Waals surface area contributed by atoms with Crippen molar-refractivity contribution < 1.29 is 18.0 Å². The fraction of sp³-hybridized carbons (Fsp3) is 0.368. The summed E-state index contributed by atoms with van der Waals surface area (Å²) in [6.45, 7) is 3.77. The number of amides is 1. The van der Waals surface area contributed by atoms with Crippen molar-refractivity contribution in [3.05, 3.63) is 65.0 Å². The molecule has 1 aromatic carbocycles. The Balaban J connectivity index is 1.82. The zero-order valence-electron chi connectivity index (χ0n) is 14.5. The minimum Gasteiger partial charge on any atom is -0.341 e. The maximum Gasteiger partial charge on any atom is 0.416 e. The minimum absolute atomic E-state index is 0.0181. The van der Waals surface area contributed by atoms with Crippen molar-refractivity contribution in [2.45, 2.75) is 44.6 Å². The summed E-state index contributed by atoms with van der Waals surface area (Å²) in [5.74, 6) is -0.178. The number of carbonyl (C=O) groups excluding carboxylic acids is 1. The Morgan fingerprint density at radius 2 is 1.88 bits per heavy atom. The predicted octanol–water partition coefficient (Wildman–Crippen LogP) is 3.75. The highest BCUT2D eigenvalue weighted by molar-refractivity contribution is 5.78. The second kappa shape index (κ2) is 7.07. The standard InChI is InChI=1S/C19H20F3N3O/c1-11(13-3-5-15(6-4-13)19(20,21)22)16-9-14(7-8-23-16)17-10-18(26)25-12(2)24-17/h3-9,11-12,17,24H,10H2,1-2H3,(H,25,26). The van der Waals surface area contributed by atoms with Gasteiger partial charge in [-0.3, -0.25) is 15.1 Å². The molecular formula is C19H20F3N3O. The van der Waals surface area contributed by atoms with Crippen LogP contribution in [0.2, 0.25) is 0 Å². The Morgan fingerprint density at radius 3 is 2.50 bits per heavy atom. The lowest BCUT2D eigenvalue weighted by Gasteiger charge is -2.30. The van der Waals surface area contributed by atoms with Crippen LogP contribution in [0.4, 0.5) is 13.2 Å². The number of nitrogens with zero attached hydrogens (tertiary/aromatic N) is 1. The van der Waals surface area contributed by atoms with Gasteiger partial charge in [-0.05, 0) is 42.3 Å². The fourth-order valence-electron chi connectivity index (χ4n) is 3.15. The van der Waals surface area contributed by atoms with Crippen LogP contribution in [-0.4, -0.2) is 17.1 Å². The Labute approximate surface area is 149 Å². The summed E-state index contributed by atoms with van der Waals surface area (Å²) in [6, 6.07) is 8.79. The Morgan fingerprint density at radius 1 is 1.19 bits per heavy atom. The largest absolute Gasteiger partial charge is 0.416 e. The van der Waals surface area contributed by atoms with Crippen molar-refractivity contribution >= 4 is 5.91 Å². The Bertz CT molecular complexity index is 789. The zero-order chi connectivity index (χ0) is 18.9. The van der Waals surface area contributed by atoms with Crippen LogP contribution >= 0.6 is 0 Å². The van der Waals surface area contributed by atoms with E-state index in [1.807, 2.05) is 26.0 Å². The second-order valence-corrected chi connectivity index (χ2v) is 6.57. The molecule has 7 heteroatoms. The molecule has 1 aromatic heterocycles. The van der Waals surface area contributed by atoms with Crippen LogP contribution in [-0.2, 0) is 11.0 Å². The van der Waals surface area contributed by atoms with Gasteiger partial charge in [-0.1, -0.05) is 19.1 Å². The summed E-state index contributed by atoms with van der Waals surface area (Å²) >= 11 is 0. The molecule has 3 rings (SSSR count). The van der Waals surface area contributed by atoms with E-state index in [1.54, 1.807) is 6.20 Å². The van der Waals surface area contributed by atoms with Gasteiger partial charge >= 0.3 is 6.18 Å². The number of pyridine rings is 1. The van der Waals surface area contributed by atoms with Crippen molar-refractivity contribution in [1.29, 1.82) is 0 Å². The van der Waals surface area contributed by atoms with Crippen molar-refractivity contribution in [2.24, 2.45) is 0 Å². The van der Waals surface area contributed by atoms with Gasteiger partial charge in [0.1, 0.15) is 0 Å². The molecule has 4 nitrogen and oxygen atoms in total. The molecule has 0 saturated carbocycles. The lowest BCUT2D eigenvalue weighted by molar-refractivity contribution is -0.137. The molecule has 2 aromatic rings. The lowest BCUT2D eigenvalue weighted by Crippen LogP contribution is -2.51. The van der Waals surface area contributed by atoms with E-state index in [0.717, 1.165) is 29.0 Å². The molecule has 1 aliphatic heterocycles. The monoisotopic (exact) mass is 363 g/mol. The minimum atomic E-state index is -4.34. The maximum atomic E-state index is 12.7. The summed E-state index contributed by atoms with van der Waals surface area (Å²) < 4.78 is 38.1. The molecule has 1 saturated heterocycles. The summed E-state index contributed by atoms with van der Waals surface area (Å²) in [4.78, 5) is 16.1. The molecule has 0 spiro atoms. The van der Waals surface area contributed by atoms with Crippen LogP contribution in [0.3, 0.4) is 0 Å². The summed E-state index contributed by atoms with van der Waals surface area (Å²) in [6.07, 6.45) is -2.46. The van der Waals surface area contributed by atoms with Crippen LogP contribution in [0, 0.1) is 0 Å². The van der Waals surface area contributed by atoms with E-state index in [1.165, 1.54) is 12.1 Å². The molecule has 1 fully saturated rings. The Hall–Kier alpha value is -2.41. The number of rotatable bonds is 3. The topological polar surface area (TPSA) is 54.0 Å². The molecule has 138 valence electrons. The number of alkyl halides is 3. The number of halogens is 3. The van der Waals surface area contributed by atoms with Gasteiger partial charge in [-0.25, -0.2) is 0 Å². The highest BCUT2D eigenvalue weighted by Gasteiger charge is 2.30. The number of hydrogen-bond acceptors (Lipinski definition) is 3. The second-order valence-electron chi connectivity index (χ2n) is 6.57. The van der Waals surface area contributed by atoms with E-state index in [2.05, 4.69) is 15.6 Å². The van der Waals surface area contributed by atoms with Gasteiger partial charge < -0.3 is 5.32 Å². The van der Waals surface area contributed by atoms with Crippen molar-refractivity contribution in [1.82, 2.24) is 15.6 Å². The van der Waals surface area contributed by atoms with E-state index in [0.29, 0.717) is 6.42 Å². The summed E-state index contributed by atoms with van der Waals surface area (Å²) in [5, 5.41) is 6.11. The van der Waals surface area contributed by atoms with E-state index in [9.17, 15) is 18.0 Å². The number of benzene rings is 1.